The summed E-state index contributed by atoms with van der Waals surface area (Å²) in [6.45, 7) is -0.0742. The number of hydrogen-bond donors (Lipinski definition) is 0. The van der Waals surface area contributed by atoms with Gasteiger partial charge in [-0.05, 0) is 19.3 Å². The largest absolute Gasteiger partial charge is 0.391 e. The van der Waals surface area contributed by atoms with Crippen LogP contribution in [0.1, 0.15) is 25.7 Å². The summed E-state index contributed by atoms with van der Waals surface area (Å²) in [6, 6.07) is 0. The first-order valence-corrected chi connectivity index (χ1v) is 5.03. The van der Waals surface area contributed by atoms with Crippen LogP contribution in [-0.2, 0) is 9.53 Å². The number of rotatable bonds is 3. The molecule has 0 aromatic heterocycles. The summed E-state index contributed by atoms with van der Waals surface area (Å²) >= 11 is 0. The van der Waals surface area contributed by atoms with Crippen molar-refractivity contribution in [3.8, 4) is 0 Å². The highest BCUT2D eigenvalue weighted by molar-refractivity contribution is 5.82. The Hall–Kier alpha value is -0.580. The van der Waals surface area contributed by atoms with Gasteiger partial charge in [-0.1, -0.05) is 6.42 Å². The molecule has 88 valence electrons. The van der Waals surface area contributed by atoms with Gasteiger partial charge in [0.2, 0.25) is 0 Å². The van der Waals surface area contributed by atoms with Gasteiger partial charge in [0.1, 0.15) is 6.61 Å². The lowest BCUT2D eigenvalue weighted by Crippen LogP contribution is -2.32. The van der Waals surface area contributed by atoms with E-state index in [4.69, 9.17) is 0 Å². The molecule has 1 rings (SSSR count). The number of alkyl halides is 3. The van der Waals surface area contributed by atoms with Gasteiger partial charge in [-0.15, -0.1) is 0 Å². The maximum absolute atomic E-state index is 12.4. The zero-order valence-corrected chi connectivity index (χ0v) is 8.64. The lowest BCUT2D eigenvalue weighted by Gasteiger charge is -2.29. The molecule has 2 atom stereocenters. The summed E-state index contributed by atoms with van der Waals surface area (Å²) in [4.78, 5) is 11.4. The third-order valence-corrected chi connectivity index (χ3v) is 2.88. The lowest BCUT2D eigenvalue weighted by atomic mass is 9.79. The summed E-state index contributed by atoms with van der Waals surface area (Å²) in [5.74, 6) is -1.98. The van der Waals surface area contributed by atoms with Gasteiger partial charge in [0.25, 0.3) is 0 Å². The Kier molecular flexibility index (Phi) is 4.13. The van der Waals surface area contributed by atoms with Gasteiger partial charge in [-0.25, -0.2) is 0 Å². The van der Waals surface area contributed by atoms with Crippen LogP contribution in [0.5, 0.6) is 0 Å². The number of ketones is 1. The molecule has 0 amide bonds. The fourth-order valence-corrected chi connectivity index (χ4v) is 2.04. The molecule has 15 heavy (non-hydrogen) atoms. The van der Waals surface area contributed by atoms with Crippen molar-refractivity contribution in [2.45, 2.75) is 31.9 Å². The average Bonchev–Trinajstić information content (AvgIpc) is 2.17. The fraction of sp³-hybridized carbons (Fsp3) is 0.900. The van der Waals surface area contributed by atoms with E-state index in [9.17, 15) is 18.0 Å². The fourth-order valence-electron chi connectivity index (χ4n) is 2.04. The second-order valence-corrected chi connectivity index (χ2v) is 4.00. The second-order valence-electron chi connectivity index (χ2n) is 4.00. The Balaban J connectivity index is 2.52. The minimum Gasteiger partial charge on any atom is -0.377 e. The van der Waals surface area contributed by atoms with Crippen molar-refractivity contribution < 1.29 is 22.7 Å². The zero-order chi connectivity index (χ0) is 11.5. The highest BCUT2D eigenvalue weighted by Crippen LogP contribution is 2.40. The van der Waals surface area contributed by atoms with Crippen LogP contribution < -0.4 is 0 Å². The number of Topliss-reactive ketones (excluding diaryl/α,β-unsaturated/α-hetero) is 1. The Morgan fingerprint density at radius 2 is 2.07 bits per heavy atom. The first-order valence-electron chi connectivity index (χ1n) is 5.03. The predicted octanol–water partition coefficient (Wildman–Crippen LogP) is 2.57. The summed E-state index contributed by atoms with van der Waals surface area (Å²) in [5.41, 5.74) is 0. The van der Waals surface area contributed by atoms with Gasteiger partial charge in [0.05, 0.1) is 5.92 Å². The van der Waals surface area contributed by atoms with Crippen molar-refractivity contribution in [1.82, 2.24) is 0 Å². The van der Waals surface area contributed by atoms with Crippen molar-refractivity contribution in [3.63, 3.8) is 0 Å². The number of carbonyl (C=O) groups is 1. The first kappa shape index (κ1) is 12.5. The SMILES string of the molecule is COCC(=O)C1CCCC(C(F)(F)F)C1. The third-order valence-electron chi connectivity index (χ3n) is 2.88. The number of hydrogen-bond acceptors (Lipinski definition) is 2. The lowest BCUT2D eigenvalue weighted by molar-refractivity contribution is -0.186. The van der Waals surface area contributed by atoms with Gasteiger partial charge in [0.15, 0.2) is 5.78 Å². The summed E-state index contributed by atoms with van der Waals surface area (Å²) in [7, 11) is 1.38. The Labute approximate surface area is 86.8 Å². The molecular formula is C10H15F3O2. The van der Waals surface area contributed by atoms with Crippen molar-refractivity contribution in [1.29, 1.82) is 0 Å². The van der Waals surface area contributed by atoms with Crippen molar-refractivity contribution in [2.24, 2.45) is 11.8 Å². The van der Waals surface area contributed by atoms with Crippen LogP contribution in [0, 0.1) is 11.8 Å². The molecule has 2 unspecified atom stereocenters. The minimum atomic E-state index is -4.16. The molecule has 1 saturated carbocycles. The van der Waals surface area contributed by atoms with E-state index in [0.717, 1.165) is 0 Å². The van der Waals surface area contributed by atoms with Crippen LogP contribution in [-0.4, -0.2) is 25.7 Å². The Morgan fingerprint density at radius 3 is 2.60 bits per heavy atom. The quantitative estimate of drug-likeness (QED) is 0.736. The van der Waals surface area contributed by atoms with E-state index in [-0.39, 0.29) is 25.2 Å². The number of methoxy groups -OCH3 is 1. The zero-order valence-electron chi connectivity index (χ0n) is 8.64. The Bertz CT molecular complexity index is 225. The molecule has 5 heteroatoms. The van der Waals surface area contributed by atoms with E-state index >= 15 is 0 Å². The standard InChI is InChI=1S/C10H15F3O2/c1-15-6-9(14)7-3-2-4-8(5-7)10(11,12)13/h7-8H,2-6H2,1H3. The van der Waals surface area contributed by atoms with Gasteiger partial charge in [-0.3, -0.25) is 4.79 Å². The third kappa shape index (κ3) is 3.48. The summed E-state index contributed by atoms with van der Waals surface area (Å²) < 4.78 is 41.9. The molecule has 1 aliphatic carbocycles. The van der Waals surface area contributed by atoms with E-state index in [1.807, 2.05) is 0 Å². The molecule has 1 fully saturated rings. The highest BCUT2D eigenvalue weighted by atomic mass is 19.4. The molecule has 0 bridgehead atoms. The molecule has 0 heterocycles. The molecule has 2 nitrogen and oxygen atoms in total. The molecule has 0 radical (unpaired) electrons. The van der Waals surface area contributed by atoms with Crippen LogP contribution >= 0.6 is 0 Å². The summed E-state index contributed by atoms with van der Waals surface area (Å²) in [6.07, 6.45) is -3.03. The monoisotopic (exact) mass is 224 g/mol. The maximum atomic E-state index is 12.4. The van der Waals surface area contributed by atoms with Crippen molar-refractivity contribution >= 4 is 5.78 Å². The van der Waals surface area contributed by atoms with E-state index in [1.54, 1.807) is 0 Å². The highest BCUT2D eigenvalue weighted by Gasteiger charge is 2.43. The van der Waals surface area contributed by atoms with Crippen LogP contribution in [0.15, 0.2) is 0 Å². The van der Waals surface area contributed by atoms with Crippen molar-refractivity contribution in [2.75, 3.05) is 13.7 Å². The molecule has 0 spiro atoms. The average molecular weight is 224 g/mol. The second kappa shape index (κ2) is 4.96. The first-order chi connectivity index (χ1) is 6.95. The molecule has 0 aromatic rings. The predicted molar refractivity (Wildman–Crippen MR) is 48.4 cm³/mol. The van der Waals surface area contributed by atoms with E-state index < -0.39 is 18.0 Å². The molecular weight excluding hydrogens is 209 g/mol. The number of ether oxygens (including phenoxy) is 1. The molecule has 0 aliphatic heterocycles. The van der Waals surface area contributed by atoms with Gasteiger partial charge < -0.3 is 4.74 Å². The maximum Gasteiger partial charge on any atom is 0.391 e. The topological polar surface area (TPSA) is 26.3 Å². The molecule has 0 aromatic carbocycles. The molecule has 1 aliphatic rings. The van der Waals surface area contributed by atoms with E-state index in [0.29, 0.717) is 12.8 Å². The van der Waals surface area contributed by atoms with E-state index in [2.05, 4.69) is 4.74 Å². The Morgan fingerprint density at radius 1 is 1.40 bits per heavy atom. The van der Waals surface area contributed by atoms with Crippen LogP contribution in [0.25, 0.3) is 0 Å². The molecule has 0 saturated heterocycles. The number of halogens is 3. The summed E-state index contributed by atoms with van der Waals surface area (Å²) in [5, 5.41) is 0. The van der Waals surface area contributed by atoms with Gasteiger partial charge >= 0.3 is 6.18 Å². The molecule has 0 N–H and O–H groups in total. The van der Waals surface area contributed by atoms with Crippen LogP contribution in [0.3, 0.4) is 0 Å². The smallest absolute Gasteiger partial charge is 0.377 e. The normalized spacial score (nSPS) is 27.7. The van der Waals surface area contributed by atoms with Crippen molar-refractivity contribution in [3.05, 3.63) is 0 Å². The van der Waals surface area contributed by atoms with E-state index in [1.165, 1.54) is 7.11 Å². The van der Waals surface area contributed by atoms with Gasteiger partial charge in [0, 0.05) is 13.0 Å². The van der Waals surface area contributed by atoms with Gasteiger partial charge in [-0.2, -0.15) is 13.2 Å². The van der Waals surface area contributed by atoms with Crippen LogP contribution in [0.4, 0.5) is 13.2 Å². The number of carbonyl (C=O) groups excluding carboxylic acids is 1. The minimum absolute atomic E-state index is 0.0638. The van der Waals surface area contributed by atoms with Crippen LogP contribution in [0.2, 0.25) is 0 Å².